The quantitative estimate of drug-likeness (QED) is 0.395. The Morgan fingerprint density at radius 1 is 1.33 bits per heavy atom. The maximum atomic E-state index is 8.05. The van der Waals surface area contributed by atoms with Gasteiger partial charge in [0.25, 0.3) is 0 Å². The zero-order valence-electron chi connectivity index (χ0n) is 4.46. The molecule has 0 heterocycles. The summed E-state index contributed by atoms with van der Waals surface area (Å²) in [6.45, 7) is 1.68. The van der Waals surface area contributed by atoms with Crippen LogP contribution in [0.2, 0.25) is 0 Å². The summed E-state index contributed by atoms with van der Waals surface area (Å²) in [7, 11) is -4.16. The van der Waals surface area contributed by atoms with Gasteiger partial charge in [-0.2, -0.15) is 0 Å². The van der Waals surface area contributed by atoms with E-state index in [1.54, 1.807) is 6.92 Å². The van der Waals surface area contributed by atoms with Crippen LogP contribution in [0.3, 0.4) is 0 Å². The summed E-state index contributed by atoms with van der Waals surface area (Å²) in [5.41, 5.74) is 0. The van der Waals surface area contributed by atoms with Crippen molar-refractivity contribution >= 4 is 60.4 Å². The van der Waals surface area contributed by atoms with Crippen LogP contribution in [-0.2, 0) is 4.43 Å². The molecule has 5 nitrogen and oxygen atoms in total. The molecule has 54 valence electrons. The summed E-state index contributed by atoms with van der Waals surface area (Å²) in [5, 5.41) is 0. The fourth-order valence-corrected chi connectivity index (χ4v) is 0.581. The van der Waals surface area contributed by atoms with Crippen LogP contribution in [0.5, 0.6) is 0 Å². The third-order valence-electron chi connectivity index (χ3n) is 0.338. The van der Waals surface area contributed by atoms with Crippen LogP contribution in [0, 0.1) is 0 Å². The molecule has 9 heavy (non-hydrogen) atoms. The molecule has 0 aliphatic carbocycles. The molecule has 5 N–H and O–H groups in total. The number of rotatable bonds is 2. The Labute approximate surface area is 96.9 Å². The summed E-state index contributed by atoms with van der Waals surface area (Å²) < 4.78 is 4.03. The SMILES string of the molecule is CCO[Si](O)(O)O.O.[KH]. The van der Waals surface area contributed by atoms with E-state index in [0.717, 1.165) is 0 Å². The second-order valence-electron chi connectivity index (χ2n) is 1.01. The van der Waals surface area contributed by atoms with Gasteiger partial charge in [-0.3, -0.25) is 0 Å². The summed E-state index contributed by atoms with van der Waals surface area (Å²) in [5.74, 6) is 0. The molecular weight excluding hydrogens is 171 g/mol. The van der Waals surface area contributed by atoms with E-state index in [1.165, 1.54) is 0 Å². The monoisotopic (exact) mass is 182 g/mol. The van der Waals surface area contributed by atoms with E-state index < -0.39 is 9.05 Å². The van der Waals surface area contributed by atoms with Gasteiger partial charge in [0.2, 0.25) is 0 Å². The van der Waals surface area contributed by atoms with Gasteiger partial charge in [0.1, 0.15) is 0 Å². The first-order chi connectivity index (χ1) is 3.06. The van der Waals surface area contributed by atoms with E-state index in [1.807, 2.05) is 0 Å². The molecule has 0 aromatic carbocycles. The summed E-state index contributed by atoms with van der Waals surface area (Å²) >= 11 is 0. The van der Waals surface area contributed by atoms with Gasteiger partial charge in [-0.05, 0) is 6.92 Å². The van der Waals surface area contributed by atoms with Gasteiger partial charge in [-0.1, -0.05) is 0 Å². The Kier molecular flexibility index (Phi) is 14.6. The average molecular weight is 182 g/mol. The van der Waals surface area contributed by atoms with Crippen LogP contribution < -0.4 is 0 Å². The predicted molar refractivity (Wildman–Crippen MR) is 34.8 cm³/mol. The molecule has 0 radical (unpaired) electrons. The first-order valence-corrected chi connectivity index (χ1v) is 3.62. The Morgan fingerprint density at radius 2 is 1.67 bits per heavy atom. The topological polar surface area (TPSA) is 101 Å². The molecule has 7 heteroatoms. The van der Waals surface area contributed by atoms with Crippen molar-refractivity contribution in [3.63, 3.8) is 0 Å². The van der Waals surface area contributed by atoms with E-state index in [4.69, 9.17) is 14.4 Å². The molecule has 0 unspecified atom stereocenters. The molecule has 0 aromatic heterocycles. The molecule has 0 saturated heterocycles. The Hall–Kier alpha value is 1.65. The summed E-state index contributed by atoms with van der Waals surface area (Å²) in [6, 6.07) is 0. The van der Waals surface area contributed by atoms with Crippen molar-refractivity contribution < 1.29 is 24.3 Å². The second kappa shape index (κ2) is 7.76. The van der Waals surface area contributed by atoms with Gasteiger partial charge < -0.3 is 24.3 Å². The first-order valence-electron chi connectivity index (χ1n) is 1.87. The molecule has 0 spiro atoms. The van der Waals surface area contributed by atoms with Crippen LogP contribution in [0.4, 0.5) is 0 Å². The number of hydrogen-bond acceptors (Lipinski definition) is 4. The Bertz CT molecular complexity index is 53.4. The zero-order chi connectivity index (χ0) is 5.91. The molecule has 0 atom stereocenters. The fraction of sp³-hybridized carbons (Fsp3) is 1.00. The Balaban J connectivity index is -0.000000180. The van der Waals surface area contributed by atoms with Gasteiger partial charge in [0.15, 0.2) is 0 Å². The van der Waals surface area contributed by atoms with E-state index in [2.05, 4.69) is 4.43 Å². The van der Waals surface area contributed by atoms with Crippen LogP contribution in [0.1, 0.15) is 6.92 Å². The molecule has 0 bridgehead atoms. The second-order valence-corrected chi connectivity index (χ2v) is 2.44. The third-order valence-corrected chi connectivity index (χ3v) is 1.01. The van der Waals surface area contributed by atoms with Crippen molar-refractivity contribution in [1.29, 1.82) is 0 Å². The van der Waals surface area contributed by atoms with Crippen molar-refractivity contribution in [3.05, 3.63) is 0 Å². The first kappa shape index (κ1) is 16.9. The van der Waals surface area contributed by atoms with Crippen molar-refractivity contribution in [3.8, 4) is 0 Å². The van der Waals surface area contributed by atoms with Gasteiger partial charge >= 0.3 is 60.4 Å². The molecule has 0 amide bonds. The minimum atomic E-state index is -4.16. The van der Waals surface area contributed by atoms with Gasteiger partial charge in [-0.15, -0.1) is 0 Å². The van der Waals surface area contributed by atoms with Gasteiger partial charge in [0, 0.05) is 6.61 Å². The van der Waals surface area contributed by atoms with Crippen molar-refractivity contribution in [2.45, 2.75) is 6.92 Å². The van der Waals surface area contributed by atoms with Crippen molar-refractivity contribution in [1.82, 2.24) is 0 Å². The van der Waals surface area contributed by atoms with Gasteiger partial charge in [-0.25, -0.2) is 0 Å². The van der Waals surface area contributed by atoms with Crippen LogP contribution >= 0.6 is 0 Å². The average Bonchev–Trinajstić information content (AvgIpc) is 1.30. The summed E-state index contributed by atoms with van der Waals surface area (Å²) in [4.78, 5) is 24.1. The molecule has 0 aromatic rings. The standard InChI is InChI=1S/C2H8O4Si.K.H2O.H/c1-2-6-7(3,4)5;;;/h3-5H,2H2,1H3;;1H2;. The van der Waals surface area contributed by atoms with E-state index >= 15 is 0 Å². The van der Waals surface area contributed by atoms with Crippen LogP contribution in [0.15, 0.2) is 0 Å². The van der Waals surface area contributed by atoms with Crippen LogP contribution in [0.25, 0.3) is 0 Å². The molecule has 0 fully saturated rings. The van der Waals surface area contributed by atoms with Crippen LogP contribution in [-0.4, -0.2) is 86.9 Å². The van der Waals surface area contributed by atoms with Crippen molar-refractivity contribution in [2.24, 2.45) is 0 Å². The molecule has 0 aliphatic heterocycles. The zero-order valence-corrected chi connectivity index (χ0v) is 5.46. The Morgan fingerprint density at radius 3 is 1.67 bits per heavy atom. The normalized spacial score (nSPS) is 9.33. The molecule has 0 aliphatic rings. The maximum absolute atomic E-state index is 8.05. The molecular formula is C2H11KO5Si. The van der Waals surface area contributed by atoms with Gasteiger partial charge in [0.05, 0.1) is 0 Å². The van der Waals surface area contributed by atoms with E-state index in [9.17, 15) is 0 Å². The molecule has 0 rings (SSSR count). The van der Waals surface area contributed by atoms with Crippen molar-refractivity contribution in [2.75, 3.05) is 6.61 Å². The molecule has 0 saturated carbocycles. The van der Waals surface area contributed by atoms with E-state index in [-0.39, 0.29) is 63.5 Å². The van der Waals surface area contributed by atoms with E-state index in [0.29, 0.717) is 0 Å². The minimum absolute atomic E-state index is 0. The predicted octanol–water partition coefficient (Wildman–Crippen LogP) is -3.04. The number of hydrogen-bond donors (Lipinski definition) is 3. The third kappa shape index (κ3) is 17.7. The fourth-order valence-electron chi connectivity index (χ4n) is 0.194. The summed E-state index contributed by atoms with van der Waals surface area (Å²) in [6.07, 6.45) is 0.